The van der Waals surface area contributed by atoms with Crippen molar-refractivity contribution in [2.45, 2.75) is 39.7 Å². The van der Waals surface area contributed by atoms with Crippen LogP contribution in [0.15, 0.2) is 18.2 Å². The number of rotatable bonds is 1. The number of carbonyl (C=O) groups is 1. The minimum Gasteiger partial charge on any atom is -0.444 e. The topological polar surface area (TPSA) is 45.7 Å². The lowest BCUT2D eigenvalue weighted by atomic mass is 10.2. The fraction of sp³-hybridized carbons (Fsp3) is 0.625. The number of ether oxygens (including phenoxy) is 1. The Morgan fingerprint density at radius 2 is 1.95 bits per heavy atom. The van der Waals surface area contributed by atoms with E-state index in [-0.39, 0.29) is 6.09 Å². The summed E-state index contributed by atoms with van der Waals surface area (Å²) in [4.78, 5) is 20.7. The minimum absolute atomic E-state index is 0.221. The quantitative estimate of drug-likeness (QED) is 0.798. The Hall–Kier alpha value is -1.78. The van der Waals surface area contributed by atoms with E-state index < -0.39 is 5.60 Å². The summed E-state index contributed by atoms with van der Waals surface area (Å²) in [6.07, 6.45) is 0.705. The molecular weight excluding hydrogens is 266 g/mol. The van der Waals surface area contributed by atoms with E-state index in [4.69, 9.17) is 4.74 Å². The summed E-state index contributed by atoms with van der Waals surface area (Å²) in [5, 5.41) is 0. The predicted octanol–water partition coefficient (Wildman–Crippen LogP) is 2.84. The lowest BCUT2D eigenvalue weighted by Gasteiger charge is -2.26. The Morgan fingerprint density at radius 3 is 2.62 bits per heavy atom. The standard InChI is InChI=1S/C16H25N3O2/c1-13-7-5-8-14(17-13)18-9-6-10-19(12-11-18)15(20)21-16(2,3)4/h5,7-8H,6,9-12H2,1-4H3. The molecule has 1 fully saturated rings. The Balaban J connectivity index is 1.97. The van der Waals surface area contributed by atoms with Crippen LogP contribution in [0.4, 0.5) is 10.6 Å². The second kappa shape index (κ2) is 6.33. The minimum atomic E-state index is -0.443. The average Bonchev–Trinajstić information content (AvgIpc) is 2.62. The third-order valence-corrected chi connectivity index (χ3v) is 3.35. The zero-order valence-electron chi connectivity index (χ0n) is 13.4. The molecular formula is C16H25N3O2. The molecule has 1 saturated heterocycles. The molecule has 0 aromatic carbocycles. The highest BCUT2D eigenvalue weighted by atomic mass is 16.6. The molecule has 1 aliphatic heterocycles. The number of hydrogen-bond acceptors (Lipinski definition) is 4. The van der Waals surface area contributed by atoms with Crippen LogP contribution < -0.4 is 4.90 Å². The van der Waals surface area contributed by atoms with Crippen molar-refractivity contribution in [3.05, 3.63) is 23.9 Å². The zero-order valence-corrected chi connectivity index (χ0v) is 13.4. The van der Waals surface area contributed by atoms with Crippen LogP contribution in [0.5, 0.6) is 0 Å². The maximum Gasteiger partial charge on any atom is 0.410 e. The van der Waals surface area contributed by atoms with Gasteiger partial charge in [0.25, 0.3) is 0 Å². The first-order valence-electron chi connectivity index (χ1n) is 7.52. The van der Waals surface area contributed by atoms with Gasteiger partial charge in [-0.3, -0.25) is 0 Å². The van der Waals surface area contributed by atoms with Gasteiger partial charge in [0.15, 0.2) is 0 Å². The molecule has 0 aliphatic carbocycles. The van der Waals surface area contributed by atoms with Gasteiger partial charge in [-0.1, -0.05) is 6.07 Å². The number of carbonyl (C=O) groups excluding carboxylic acids is 1. The molecule has 21 heavy (non-hydrogen) atoms. The monoisotopic (exact) mass is 291 g/mol. The summed E-state index contributed by atoms with van der Waals surface area (Å²) in [6.45, 7) is 10.8. The first kappa shape index (κ1) is 15.6. The highest BCUT2D eigenvalue weighted by Gasteiger charge is 2.24. The van der Waals surface area contributed by atoms with Gasteiger partial charge in [-0.15, -0.1) is 0 Å². The smallest absolute Gasteiger partial charge is 0.410 e. The second-order valence-corrected chi connectivity index (χ2v) is 6.45. The van der Waals surface area contributed by atoms with E-state index in [1.165, 1.54) is 0 Å². The highest BCUT2D eigenvalue weighted by Crippen LogP contribution is 2.16. The third-order valence-electron chi connectivity index (χ3n) is 3.35. The fourth-order valence-electron chi connectivity index (χ4n) is 2.36. The SMILES string of the molecule is Cc1cccc(N2CCCN(C(=O)OC(C)(C)C)CC2)n1. The summed E-state index contributed by atoms with van der Waals surface area (Å²) in [6, 6.07) is 6.04. The maximum atomic E-state index is 12.1. The fourth-order valence-corrected chi connectivity index (χ4v) is 2.36. The van der Waals surface area contributed by atoms with Crippen LogP contribution in [0.1, 0.15) is 32.9 Å². The van der Waals surface area contributed by atoms with Crippen molar-refractivity contribution in [1.82, 2.24) is 9.88 Å². The van der Waals surface area contributed by atoms with Gasteiger partial charge in [0, 0.05) is 31.9 Å². The van der Waals surface area contributed by atoms with Crippen molar-refractivity contribution in [2.75, 3.05) is 31.1 Å². The lowest BCUT2D eigenvalue weighted by Crippen LogP contribution is -2.39. The van der Waals surface area contributed by atoms with Crippen LogP contribution in [0.25, 0.3) is 0 Å². The van der Waals surface area contributed by atoms with Crippen LogP contribution in [0.2, 0.25) is 0 Å². The van der Waals surface area contributed by atoms with E-state index in [1.54, 1.807) is 4.90 Å². The lowest BCUT2D eigenvalue weighted by molar-refractivity contribution is 0.0263. The number of amides is 1. The molecule has 0 atom stereocenters. The molecule has 0 spiro atoms. The van der Waals surface area contributed by atoms with E-state index >= 15 is 0 Å². The zero-order chi connectivity index (χ0) is 15.5. The first-order chi connectivity index (χ1) is 9.85. The Kier molecular flexibility index (Phi) is 4.70. The molecule has 0 radical (unpaired) electrons. The Labute approximate surface area is 126 Å². The van der Waals surface area contributed by atoms with Gasteiger partial charge in [0.1, 0.15) is 11.4 Å². The summed E-state index contributed by atoms with van der Waals surface area (Å²) < 4.78 is 5.45. The summed E-state index contributed by atoms with van der Waals surface area (Å²) >= 11 is 0. The van der Waals surface area contributed by atoms with Crippen molar-refractivity contribution in [2.24, 2.45) is 0 Å². The van der Waals surface area contributed by atoms with Crippen LogP contribution in [0.3, 0.4) is 0 Å². The number of anilines is 1. The predicted molar refractivity (Wildman–Crippen MR) is 83.6 cm³/mol. The van der Waals surface area contributed by atoms with Crippen molar-refractivity contribution >= 4 is 11.9 Å². The molecule has 2 rings (SSSR count). The normalized spacial score (nSPS) is 16.6. The van der Waals surface area contributed by atoms with Crippen LogP contribution in [-0.2, 0) is 4.74 Å². The molecule has 5 nitrogen and oxygen atoms in total. The number of hydrogen-bond donors (Lipinski definition) is 0. The molecule has 0 saturated carbocycles. The van der Waals surface area contributed by atoms with Crippen molar-refractivity contribution in [3.8, 4) is 0 Å². The summed E-state index contributed by atoms with van der Waals surface area (Å²) in [7, 11) is 0. The van der Waals surface area contributed by atoms with E-state index in [0.717, 1.165) is 37.6 Å². The molecule has 1 aliphatic rings. The molecule has 1 aromatic rings. The van der Waals surface area contributed by atoms with E-state index in [1.807, 2.05) is 45.9 Å². The number of aromatic nitrogens is 1. The molecule has 116 valence electrons. The summed E-state index contributed by atoms with van der Waals surface area (Å²) in [5.74, 6) is 0.987. The molecule has 0 unspecified atom stereocenters. The van der Waals surface area contributed by atoms with Gasteiger partial charge in [0.2, 0.25) is 0 Å². The Bertz CT molecular complexity index is 497. The molecule has 2 heterocycles. The van der Waals surface area contributed by atoms with Crippen molar-refractivity contribution in [3.63, 3.8) is 0 Å². The van der Waals surface area contributed by atoms with E-state index in [0.29, 0.717) is 6.54 Å². The van der Waals surface area contributed by atoms with Gasteiger partial charge in [-0.05, 0) is 46.2 Å². The van der Waals surface area contributed by atoms with Gasteiger partial charge < -0.3 is 14.5 Å². The van der Waals surface area contributed by atoms with Gasteiger partial charge in [-0.2, -0.15) is 0 Å². The molecule has 1 amide bonds. The van der Waals surface area contributed by atoms with E-state index in [2.05, 4.69) is 9.88 Å². The highest BCUT2D eigenvalue weighted by molar-refractivity contribution is 5.68. The number of aryl methyl sites for hydroxylation is 1. The van der Waals surface area contributed by atoms with Crippen molar-refractivity contribution in [1.29, 1.82) is 0 Å². The van der Waals surface area contributed by atoms with Gasteiger partial charge in [0.05, 0.1) is 0 Å². The molecule has 0 N–H and O–H groups in total. The third kappa shape index (κ3) is 4.62. The Morgan fingerprint density at radius 1 is 1.19 bits per heavy atom. The molecule has 1 aromatic heterocycles. The number of pyridine rings is 1. The average molecular weight is 291 g/mol. The van der Waals surface area contributed by atoms with Crippen LogP contribution in [0, 0.1) is 6.92 Å². The molecule has 5 heteroatoms. The van der Waals surface area contributed by atoms with Crippen molar-refractivity contribution < 1.29 is 9.53 Å². The van der Waals surface area contributed by atoms with Gasteiger partial charge >= 0.3 is 6.09 Å². The largest absolute Gasteiger partial charge is 0.444 e. The second-order valence-electron chi connectivity index (χ2n) is 6.45. The molecule has 0 bridgehead atoms. The van der Waals surface area contributed by atoms with Crippen LogP contribution >= 0.6 is 0 Å². The van der Waals surface area contributed by atoms with E-state index in [9.17, 15) is 4.79 Å². The number of nitrogens with zero attached hydrogens (tertiary/aromatic N) is 3. The first-order valence-corrected chi connectivity index (χ1v) is 7.52. The van der Waals surface area contributed by atoms with Gasteiger partial charge in [-0.25, -0.2) is 9.78 Å². The maximum absolute atomic E-state index is 12.1. The van der Waals surface area contributed by atoms with Crippen LogP contribution in [-0.4, -0.2) is 47.8 Å². The summed E-state index contributed by atoms with van der Waals surface area (Å²) in [5.41, 5.74) is 0.571.